The van der Waals surface area contributed by atoms with Gasteiger partial charge in [-0.15, -0.1) is 0 Å². The van der Waals surface area contributed by atoms with Gasteiger partial charge in [-0.05, 0) is 25.7 Å². The van der Waals surface area contributed by atoms with Crippen molar-refractivity contribution in [3.05, 3.63) is 24.3 Å². The Labute approximate surface area is 179 Å². The zero-order valence-electron chi connectivity index (χ0n) is 18.1. The number of rotatable bonds is 15. The van der Waals surface area contributed by atoms with Crippen molar-refractivity contribution >= 4 is 11.7 Å². The van der Waals surface area contributed by atoms with E-state index in [9.17, 15) is 19.8 Å². The topological polar surface area (TPSA) is 127 Å². The van der Waals surface area contributed by atoms with Crippen LogP contribution in [0.25, 0.3) is 0 Å². The Bertz CT molecular complexity index is 558. The lowest BCUT2D eigenvalue weighted by molar-refractivity contribution is -0.122. The van der Waals surface area contributed by atoms with E-state index >= 15 is 0 Å². The average molecular weight is 426 g/mol. The Kier molecular flexibility index (Phi) is 13.5. The van der Waals surface area contributed by atoms with Crippen molar-refractivity contribution in [1.29, 1.82) is 0 Å². The summed E-state index contributed by atoms with van der Waals surface area (Å²) in [6.45, 7) is 1.52. The molecule has 1 fully saturated rings. The van der Waals surface area contributed by atoms with E-state index in [0.29, 0.717) is 32.1 Å². The highest BCUT2D eigenvalue weighted by Gasteiger charge is 2.39. The van der Waals surface area contributed by atoms with E-state index in [4.69, 9.17) is 10.2 Å². The molecule has 0 aromatic heterocycles. The molecule has 172 valence electrons. The first-order valence-corrected chi connectivity index (χ1v) is 11.2. The van der Waals surface area contributed by atoms with Gasteiger partial charge >= 0.3 is 0 Å². The molecular weight excluding hydrogens is 386 g/mol. The van der Waals surface area contributed by atoms with Crippen LogP contribution in [-0.4, -0.2) is 63.6 Å². The summed E-state index contributed by atoms with van der Waals surface area (Å²) in [6.07, 6.45) is 12.2. The smallest absolute Gasteiger partial charge is 0.220 e. The lowest BCUT2D eigenvalue weighted by Crippen LogP contribution is -2.39. The molecule has 7 nitrogen and oxygen atoms in total. The third-order valence-electron chi connectivity index (χ3n) is 5.53. The number of unbranched alkanes of at least 4 members (excludes halogenated alkanes) is 3. The van der Waals surface area contributed by atoms with Crippen LogP contribution >= 0.6 is 0 Å². The minimum atomic E-state index is -0.704. The van der Waals surface area contributed by atoms with Gasteiger partial charge in [0.25, 0.3) is 0 Å². The quantitative estimate of drug-likeness (QED) is 0.200. The third kappa shape index (κ3) is 9.98. The van der Waals surface area contributed by atoms with Gasteiger partial charge in [0.15, 0.2) is 0 Å². The highest BCUT2D eigenvalue weighted by molar-refractivity contribution is 5.84. The highest BCUT2D eigenvalue weighted by atomic mass is 16.3. The van der Waals surface area contributed by atoms with Crippen molar-refractivity contribution in [3.63, 3.8) is 0 Å². The predicted octanol–water partition coefficient (Wildman–Crippen LogP) is 1.64. The molecule has 1 saturated carbocycles. The number of amides is 1. The first-order chi connectivity index (χ1) is 14.4. The van der Waals surface area contributed by atoms with Crippen molar-refractivity contribution < 1.29 is 30.0 Å². The lowest BCUT2D eigenvalue weighted by atomic mass is 9.90. The van der Waals surface area contributed by atoms with Crippen LogP contribution in [0, 0.1) is 11.8 Å². The number of Topliss-reactive ketones (excluding diaryl/α,β-unsaturated/α-hetero) is 1. The molecule has 1 aliphatic rings. The van der Waals surface area contributed by atoms with E-state index in [2.05, 4.69) is 12.2 Å². The maximum atomic E-state index is 12.2. The van der Waals surface area contributed by atoms with Crippen molar-refractivity contribution in [2.24, 2.45) is 11.8 Å². The minimum Gasteiger partial charge on any atom is -0.394 e. The normalized spacial score (nSPS) is 23.1. The van der Waals surface area contributed by atoms with Crippen molar-refractivity contribution in [1.82, 2.24) is 5.32 Å². The number of aliphatic hydroxyl groups is 4. The minimum absolute atomic E-state index is 0.0423. The largest absolute Gasteiger partial charge is 0.394 e. The molecule has 0 spiro atoms. The Morgan fingerprint density at radius 2 is 1.93 bits per heavy atom. The molecule has 1 rings (SSSR count). The van der Waals surface area contributed by atoms with E-state index in [1.165, 1.54) is 0 Å². The van der Waals surface area contributed by atoms with Gasteiger partial charge in [-0.2, -0.15) is 0 Å². The van der Waals surface area contributed by atoms with Gasteiger partial charge in [-0.25, -0.2) is 0 Å². The zero-order chi connectivity index (χ0) is 22.4. The fourth-order valence-electron chi connectivity index (χ4n) is 3.67. The number of aliphatic hydroxyl groups excluding tert-OH is 4. The molecule has 0 bridgehead atoms. The van der Waals surface area contributed by atoms with E-state index in [0.717, 1.165) is 19.3 Å². The second-order valence-corrected chi connectivity index (χ2v) is 8.10. The number of ketones is 1. The van der Waals surface area contributed by atoms with Gasteiger partial charge in [0.1, 0.15) is 5.78 Å². The Morgan fingerprint density at radius 1 is 1.20 bits per heavy atom. The zero-order valence-corrected chi connectivity index (χ0v) is 18.1. The molecule has 0 saturated heterocycles. The summed E-state index contributed by atoms with van der Waals surface area (Å²) in [7, 11) is 0. The van der Waals surface area contributed by atoms with Gasteiger partial charge < -0.3 is 25.7 Å². The van der Waals surface area contributed by atoms with Crippen LogP contribution in [0.2, 0.25) is 0 Å². The summed E-state index contributed by atoms with van der Waals surface area (Å²) in [5.74, 6) is -0.731. The standard InChI is InChI=1S/C23H39NO6/c1-2-3-6-9-18(27)12-13-20-19(21(28)14-22(20)29)10-7-4-5-8-11-23(30)24-17(15-25)16-26/h4,7,12-13,17-20,22,25-27,29H,2-3,5-6,8-11,14-16H2,1H3,(H,24,30)/b7-4-,13-12+/t18-,19+,20+,22+/m0/s1. The first-order valence-electron chi connectivity index (χ1n) is 11.2. The molecule has 0 aliphatic heterocycles. The number of carbonyl (C=O) groups is 2. The maximum absolute atomic E-state index is 12.2. The number of nitrogens with one attached hydrogen (secondary N) is 1. The van der Waals surface area contributed by atoms with Crippen LogP contribution < -0.4 is 5.32 Å². The molecule has 5 N–H and O–H groups in total. The highest BCUT2D eigenvalue weighted by Crippen LogP contribution is 2.33. The summed E-state index contributed by atoms with van der Waals surface area (Å²) in [5.41, 5.74) is 0. The molecule has 1 amide bonds. The number of hydrogen-bond acceptors (Lipinski definition) is 6. The van der Waals surface area contributed by atoms with E-state index in [-0.39, 0.29) is 43.2 Å². The number of carbonyl (C=O) groups excluding carboxylic acids is 2. The lowest BCUT2D eigenvalue weighted by Gasteiger charge is -2.16. The summed E-state index contributed by atoms with van der Waals surface area (Å²) < 4.78 is 0. The van der Waals surface area contributed by atoms with Crippen LogP contribution in [0.1, 0.15) is 64.7 Å². The van der Waals surface area contributed by atoms with Gasteiger partial charge in [-0.3, -0.25) is 9.59 Å². The van der Waals surface area contributed by atoms with Gasteiger partial charge in [0.2, 0.25) is 5.91 Å². The maximum Gasteiger partial charge on any atom is 0.220 e. The van der Waals surface area contributed by atoms with Crippen molar-refractivity contribution in [2.75, 3.05) is 13.2 Å². The van der Waals surface area contributed by atoms with Crippen LogP contribution in [-0.2, 0) is 9.59 Å². The molecule has 0 aromatic carbocycles. The fourth-order valence-corrected chi connectivity index (χ4v) is 3.67. The summed E-state index contributed by atoms with van der Waals surface area (Å²) >= 11 is 0. The van der Waals surface area contributed by atoms with Crippen molar-refractivity contribution in [2.45, 2.75) is 83.0 Å². The summed E-state index contributed by atoms with van der Waals surface area (Å²) in [4.78, 5) is 23.9. The second-order valence-electron chi connectivity index (χ2n) is 8.10. The fraction of sp³-hybridized carbons (Fsp3) is 0.739. The van der Waals surface area contributed by atoms with Crippen molar-refractivity contribution in [3.8, 4) is 0 Å². The molecule has 0 heterocycles. The van der Waals surface area contributed by atoms with Crippen LogP contribution in [0.3, 0.4) is 0 Å². The van der Waals surface area contributed by atoms with Crippen LogP contribution in [0.5, 0.6) is 0 Å². The SMILES string of the molecule is CCCCC[C@H](O)/C=C/[C@H]1[C@H](O)CC(=O)[C@@H]1C/C=C\CCCC(=O)NC(CO)CO. The molecule has 0 aromatic rings. The monoisotopic (exact) mass is 425 g/mol. The Balaban J connectivity index is 2.40. The van der Waals surface area contributed by atoms with E-state index < -0.39 is 18.2 Å². The number of allylic oxidation sites excluding steroid dienone is 2. The average Bonchev–Trinajstić information content (AvgIpc) is 2.99. The van der Waals surface area contributed by atoms with E-state index in [1.807, 2.05) is 12.2 Å². The summed E-state index contributed by atoms with van der Waals surface area (Å²) in [5, 5.41) is 40.7. The van der Waals surface area contributed by atoms with Crippen LogP contribution in [0.4, 0.5) is 0 Å². The molecule has 0 radical (unpaired) electrons. The second kappa shape index (κ2) is 15.3. The molecule has 30 heavy (non-hydrogen) atoms. The van der Waals surface area contributed by atoms with Gasteiger partial charge in [0, 0.05) is 24.7 Å². The number of hydrogen-bond donors (Lipinski definition) is 5. The van der Waals surface area contributed by atoms with Gasteiger partial charge in [0.05, 0.1) is 31.5 Å². The summed E-state index contributed by atoms with van der Waals surface area (Å²) in [6, 6.07) is -0.622. The van der Waals surface area contributed by atoms with E-state index in [1.54, 1.807) is 12.2 Å². The molecule has 7 heteroatoms. The Hall–Kier alpha value is -1.54. The third-order valence-corrected chi connectivity index (χ3v) is 5.53. The molecular formula is C23H39NO6. The molecule has 0 unspecified atom stereocenters. The first kappa shape index (κ1) is 26.5. The predicted molar refractivity (Wildman–Crippen MR) is 116 cm³/mol. The van der Waals surface area contributed by atoms with Gasteiger partial charge in [-0.1, -0.05) is 50.5 Å². The molecule has 4 atom stereocenters. The van der Waals surface area contributed by atoms with Crippen LogP contribution in [0.15, 0.2) is 24.3 Å². The Morgan fingerprint density at radius 3 is 2.60 bits per heavy atom. The molecule has 1 aliphatic carbocycles.